The summed E-state index contributed by atoms with van der Waals surface area (Å²) in [5, 5.41) is 0. The minimum atomic E-state index is 0.586. The second-order valence-corrected chi connectivity index (χ2v) is 4.63. The number of hydrogen-bond acceptors (Lipinski definition) is 1. The van der Waals surface area contributed by atoms with Crippen LogP contribution in [0.5, 0.6) is 0 Å². The molecule has 1 rings (SSSR count). The maximum Gasteiger partial charge on any atom is 0.0494 e. The van der Waals surface area contributed by atoms with E-state index in [-0.39, 0.29) is 0 Å². The molecule has 0 unspecified atom stereocenters. The summed E-state index contributed by atoms with van der Waals surface area (Å²) >= 11 is 5.91. The summed E-state index contributed by atoms with van der Waals surface area (Å²) in [5.41, 5.74) is 2.47. The van der Waals surface area contributed by atoms with E-state index >= 15 is 0 Å². The van der Waals surface area contributed by atoms with Crippen molar-refractivity contribution >= 4 is 17.3 Å². The maximum atomic E-state index is 5.91. The second-order valence-electron chi connectivity index (χ2n) is 4.37. The Morgan fingerprint density at radius 2 is 1.93 bits per heavy atom. The molecule has 1 aromatic carbocycles. The van der Waals surface area contributed by atoms with E-state index in [0.717, 1.165) is 12.5 Å². The normalized spacial score (nSPS) is 10.7. The number of alkyl halides is 1. The lowest BCUT2D eigenvalue weighted by Crippen LogP contribution is -2.20. The lowest BCUT2D eigenvalue weighted by atomic mass is 10.1. The van der Waals surface area contributed by atoms with Crippen LogP contribution in [0.25, 0.3) is 0 Å². The number of anilines is 1. The summed E-state index contributed by atoms with van der Waals surface area (Å²) in [6.07, 6.45) is 1.22. The highest BCUT2D eigenvalue weighted by Gasteiger charge is 2.06. The summed E-state index contributed by atoms with van der Waals surface area (Å²) in [6, 6.07) is 8.33. The minimum Gasteiger partial charge on any atom is -0.374 e. The van der Waals surface area contributed by atoms with Gasteiger partial charge in [-0.3, -0.25) is 0 Å². The Kier molecular flexibility index (Phi) is 4.97. The molecule has 1 nitrogen and oxygen atoms in total. The van der Waals surface area contributed by atoms with E-state index in [9.17, 15) is 0 Å². The molecule has 0 bridgehead atoms. The monoisotopic (exact) mass is 225 g/mol. The Labute approximate surface area is 98.0 Å². The number of rotatable bonds is 5. The topological polar surface area (TPSA) is 3.24 Å². The van der Waals surface area contributed by atoms with Gasteiger partial charge in [0, 0.05) is 25.2 Å². The fourth-order valence-corrected chi connectivity index (χ4v) is 1.79. The van der Waals surface area contributed by atoms with Gasteiger partial charge < -0.3 is 4.90 Å². The lowest BCUT2D eigenvalue weighted by molar-refractivity contribution is 0.585. The van der Waals surface area contributed by atoms with Crippen LogP contribution in [0.4, 0.5) is 5.69 Å². The van der Waals surface area contributed by atoms with E-state index in [2.05, 4.69) is 44.0 Å². The number of benzene rings is 1. The van der Waals surface area contributed by atoms with Crippen LogP contribution in [0.1, 0.15) is 25.8 Å². The van der Waals surface area contributed by atoms with Crippen LogP contribution >= 0.6 is 11.6 Å². The van der Waals surface area contributed by atoms with Gasteiger partial charge in [-0.15, -0.1) is 11.6 Å². The second kappa shape index (κ2) is 6.02. The van der Waals surface area contributed by atoms with Gasteiger partial charge in [0.1, 0.15) is 0 Å². The Hall–Kier alpha value is -0.690. The number of nitrogens with zero attached hydrogens (tertiary/aromatic N) is 1. The van der Waals surface area contributed by atoms with Gasteiger partial charge in [0.25, 0.3) is 0 Å². The van der Waals surface area contributed by atoms with Crippen LogP contribution in [-0.2, 0) is 5.88 Å². The molecule has 0 atom stereocenters. The standard InChI is InChI=1S/C13H20ClN/c1-11(2)8-9-15(3)13-7-5-4-6-12(13)10-14/h4-7,11H,8-10H2,1-3H3. The lowest BCUT2D eigenvalue weighted by Gasteiger charge is -2.22. The van der Waals surface area contributed by atoms with Gasteiger partial charge in [0.05, 0.1) is 0 Å². The van der Waals surface area contributed by atoms with Crippen molar-refractivity contribution < 1.29 is 0 Å². The van der Waals surface area contributed by atoms with Crippen molar-refractivity contribution in [2.24, 2.45) is 5.92 Å². The van der Waals surface area contributed by atoms with Gasteiger partial charge in [-0.05, 0) is 24.0 Å². The van der Waals surface area contributed by atoms with Crippen molar-refractivity contribution in [3.8, 4) is 0 Å². The number of halogens is 1. The molecule has 0 aliphatic rings. The molecule has 0 aromatic heterocycles. The first-order chi connectivity index (χ1) is 7.15. The zero-order valence-corrected chi connectivity index (χ0v) is 10.6. The molecule has 0 aliphatic heterocycles. The van der Waals surface area contributed by atoms with Gasteiger partial charge >= 0.3 is 0 Å². The molecule has 2 heteroatoms. The molecule has 0 aliphatic carbocycles. The highest BCUT2D eigenvalue weighted by molar-refractivity contribution is 6.17. The van der Waals surface area contributed by atoms with E-state index in [0.29, 0.717) is 5.88 Å². The van der Waals surface area contributed by atoms with Gasteiger partial charge in [-0.25, -0.2) is 0 Å². The molecule has 0 fully saturated rings. The SMILES string of the molecule is CC(C)CCN(C)c1ccccc1CCl. The summed E-state index contributed by atoms with van der Waals surface area (Å²) in [6.45, 7) is 5.59. The van der Waals surface area contributed by atoms with Gasteiger partial charge in [-0.2, -0.15) is 0 Å². The Balaban J connectivity index is 2.68. The van der Waals surface area contributed by atoms with Crippen LogP contribution in [0, 0.1) is 5.92 Å². The van der Waals surface area contributed by atoms with E-state index in [4.69, 9.17) is 11.6 Å². The van der Waals surface area contributed by atoms with Gasteiger partial charge in [0.15, 0.2) is 0 Å². The van der Waals surface area contributed by atoms with Crippen molar-refractivity contribution in [3.63, 3.8) is 0 Å². The third-order valence-corrected chi connectivity index (χ3v) is 2.88. The van der Waals surface area contributed by atoms with Gasteiger partial charge in [-0.1, -0.05) is 32.0 Å². The molecule has 0 N–H and O–H groups in total. The first kappa shape index (κ1) is 12.4. The van der Waals surface area contributed by atoms with E-state index in [1.54, 1.807) is 0 Å². The fourth-order valence-electron chi connectivity index (χ4n) is 1.57. The highest BCUT2D eigenvalue weighted by atomic mass is 35.5. The molecular weight excluding hydrogens is 206 g/mol. The van der Waals surface area contributed by atoms with Crippen molar-refractivity contribution in [1.29, 1.82) is 0 Å². The van der Waals surface area contributed by atoms with Crippen LogP contribution in [0.2, 0.25) is 0 Å². The molecular formula is C13H20ClN. The Morgan fingerprint density at radius 1 is 1.27 bits per heavy atom. The third-order valence-electron chi connectivity index (χ3n) is 2.59. The quantitative estimate of drug-likeness (QED) is 0.687. The fraction of sp³-hybridized carbons (Fsp3) is 0.538. The van der Waals surface area contributed by atoms with E-state index < -0.39 is 0 Å². The summed E-state index contributed by atoms with van der Waals surface area (Å²) in [5.74, 6) is 1.33. The van der Waals surface area contributed by atoms with Gasteiger partial charge in [0.2, 0.25) is 0 Å². The van der Waals surface area contributed by atoms with E-state index in [1.807, 2.05) is 6.07 Å². The highest BCUT2D eigenvalue weighted by Crippen LogP contribution is 2.21. The summed E-state index contributed by atoms with van der Waals surface area (Å²) in [7, 11) is 2.13. The predicted molar refractivity (Wildman–Crippen MR) is 68.7 cm³/mol. The Morgan fingerprint density at radius 3 is 2.53 bits per heavy atom. The molecule has 0 heterocycles. The average molecular weight is 226 g/mol. The van der Waals surface area contributed by atoms with Crippen LogP contribution in [0.3, 0.4) is 0 Å². The number of para-hydroxylation sites is 1. The van der Waals surface area contributed by atoms with Crippen LogP contribution in [0.15, 0.2) is 24.3 Å². The zero-order chi connectivity index (χ0) is 11.3. The largest absolute Gasteiger partial charge is 0.374 e. The molecule has 0 radical (unpaired) electrons. The first-order valence-electron chi connectivity index (χ1n) is 5.50. The molecule has 1 aromatic rings. The van der Waals surface area contributed by atoms with E-state index in [1.165, 1.54) is 17.7 Å². The third kappa shape index (κ3) is 3.75. The predicted octanol–water partition coefficient (Wildman–Crippen LogP) is 3.91. The van der Waals surface area contributed by atoms with Crippen molar-refractivity contribution in [1.82, 2.24) is 0 Å². The van der Waals surface area contributed by atoms with Crippen molar-refractivity contribution in [2.75, 3.05) is 18.5 Å². The zero-order valence-electron chi connectivity index (χ0n) is 9.83. The number of hydrogen-bond donors (Lipinski definition) is 0. The smallest absolute Gasteiger partial charge is 0.0494 e. The molecule has 84 valence electrons. The van der Waals surface area contributed by atoms with Crippen molar-refractivity contribution in [2.45, 2.75) is 26.1 Å². The first-order valence-corrected chi connectivity index (χ1v) is 6.03. The minimum absolute atomic E-state index is 0.586. The molecule has 0 amide bonds. The molecule has 15 heavy (non-hydrogen) atoms. The van der Waals surface area contributed by atoms with Crippen molar-refractivity contribution in [3.05, 3.63) is 29.8 Å². The molecule has 0 saturated heterocycles. The Bertz CT molecular complexity index is 296. The summed E-state index contributed by atoms with van der Waals surface area (Å²) < 4.78 is 0. The summed E-state index contributed by atoms with van der Waals surface area (Å²) in [4.78, 5) is 2.29. The average Bonchev–Trinajstić information content (AvgIpc) is 2.25. The van der Waals surface area contributed by atoms with Crippen LogP contribution < -0.4 is 4.90 Å². The molecule has 0 spiro atoms. The maximum absolute atomic E-state index is 5.91. The molecule has 0 saturated carbocycles. The van der Waals surface area contributed by atoms with Crippen LogP contribution in [-0.4, -0.2) is 13.6 Å².